The minimum atomic E-state index is -0.486. The molecule has 0 radical (unpaired) electrons. The van der Waals surface area contributed by atoms with E-state index in [0.29, 0.717) is 39.7 Å². The zero-order valence-corrected chi connectivity index (χ0v) is 18.3. The lowest BCUT2D eigenvalue weighted by Gasteiger charge is -2.19. The van der Waals surface area contributed by atoms with E-state index in [1.807, 2.05) is 20.8 Å². The number of hydrogen-bond donors (Lipinski definition) is 1. The molecule has 1 aromatic carbocycles. The number of nitrogens with one attached hydrogen (secondary N) is 1. The van der Waals surface area contributed by atoms with Crippen molar-refractivity contribution in [1.82, 2.24) is 5.32 Å². The van der Waals surface area contributed by atoms with Gasteiger partial charge >= 0.3 is 5.97 Å². The van der Waals surface area contributed by atoms with Gasteiger partial charge in [0, 0.05) is 7.97 Å². The second-order valence-electron chi connectivity index (χ2n) is 8.69. The SMILES string of the molecule is CC(C)(C)OC(=O)COCCOCCNCOCc1ccc(C(C)(C)C)cc1.[HH]. The Morgan fingerprint density at radius 3 is 2.18 bits per heavy atom. The van der Waals surface area contributed by atoms with Crippen molar-refractivity contribution < 1.29 is 25.2 Å². The first-order valence-corrected chi connectivity index (χ1v) is 9.83. The van der Waals surface area contributed by atoms with Crippen LogP contribution >= 0.6 is 0 Å². The van der Waals surface area contributed by atoms with Crippen LogP contribution in [0.3, 0.4) is 0 Å². The number of carbonyl (C=O) groups is 1. The first kappa shape index (κ1) is 24.6. The van der Waals surface area contributed by atoms with Crippen molar-refractivity contribution in [2.24, 2.45) is 0 Å². The third kappa shape index (κ3) is 12.1. The topological polar surface area (TPSA) is 66.0 Å². The van der Waals surface area contributed by atoms with Gasteiger partial charge in [-0.25, -0.2) is 4.79 Å². The summed E-state index contributed by atoms with van der Waals surface area (Å²) in [6.45, 7) is 15.1. The van der Waals surface area contributed by atoms with Crippen molar-refractivity contribution in [1.29, 1.82) is 0 Å². The molecule has 0 aromatic heterocycles. The number of carbonyl (C=O) groups excluding carboxylic acids is 1. The van der Waals surface area contributed by atoms with E-state index in [1.165, 1.54) is 5.56 Å². The Morgan fingerprint density at radius 1 is 0.929 bits per heavy atom. The van der Waals surface area contributed by atoms with Gasteiger partial charge in [0.2, 0.25) is 0 Å². The van der Waals surface area contributed by atoms with E-state index in [4.69, 9.17) is 18.9 Å². The maximum absolute atomic E-state index is 11.4. The molecule has 0 aliphatic rings. The molecule has 0 heterocycles. The summed E-state index contributed by atoms with van der Waals surface area (Å²) >= 11 is 0. The van der Waals surface area contributed by atoms with Gasteiger partial charge in [0.05, 0.1) is 33.2 Å². The van der Waals surface area contributed by atoms with Crippen LogP contribution in [0.25, 0.3) is 0 Å². The molecule has 28 heavy (non-hydrogen) atoms. The van der Waals surface area contributed by atoms with E-state index in [-0.39, 0.29) is 19.4 Å². The lowest BCUT2D eigenvalue weighted by molar-refractivity contribution is -0.160. The Hall–Kier alpha value is -1.47. The lowest BCUT2D eigenvalue weighted by atomic mass is 9.87. The van der Waals surface area contributed by atoms with Crippen LogP contribution in [0.4, 0.5) is 0 Å². The second-order valence-corrected chi connectivity index (χ2v) is 8.69. The first-order valence-electron chi connectivity index (χ1n) is 9.83. The van der Waals surface area contributed by atoms with Crippen LogP contribution in [-0.4, -0.2) is 51.3 Å². The Balaban J connectivity index is 0.00000784. The fourth-order valence-electron chi connectivity index (χ4n) is 2.30. The quantitative estimate of drug-likeness (QED) is 0.330. The van der Waals surface area contributed by atoms with Gasteiger partial charge in [-0.05, 0) is 37.3 Å². The summed E-state index contributed by atoms with van der Waals surface area (Å²) in [5, 5.41) is 3.16. The highest BCUT2D eigenvalue weighted by molar-refractivity contribution is 5.71. The van der Waals surface area contributed by atoms with Crippen LogP contribution in [-0.2, 0) is 35.8 Å². The average Bonchev–Trinajstić information content (AvgIpc) is 2.57. The van der Waals surface area contributed by atoms with Gasteiger partial charge in [-0.1, -0.05) is 45.0 Å². The van der Waals surface area contributed by atoms with Crippen LogP contribution < -0.4 is 5.32 Å². The molecule has 0 spiro atoms. The van der Waals surface area contributed by atoms with Crippen LogP contribution in [0, 0.1) is 0 Å². The minimum absolute atomic E-state index is 0. The highest BCUT2D eigenvalue weighted by atomic mass is 16.6. The van der Waals surface area contributed by atoms with Crippen LogP contribution in [0.1, 0.15) is 54.1 Å². The van der Waals surface area contributed by atoms with Crippen molar-refractivity contribution in [3.8, 4) is 0 Å². The van der Waals surface area contributed by atoms with E-state index in [0.717, 1.165) is 5.56 Å². The fraction of sp³-hybridized carbons (Fsp3) is 0.682. The van der Waals surface area contributed by atoms with Crippen LogP contribution in [0.2, 0.25) is 0 Å². The normalized spacial score (nSPS) is 12.2. The standard InChI is InChI=1S/C22H37NO5.H2/c1-21(2,3)19-9-7-18(8-10-19)15-27-17-23-11-12-25-13-14-26-16-20(24)28-22(4,5)6;/h7-10,23H,11-17H2,1-6H3;1H. The van der Waals surface area contributed by atoms with E-state index >= 15 is 0 Å². The molecule has 0 saturated carbocycles. The highest BCUT2D eigenvalue weighted by Crippen LogP contribution is 2.22. The molecule has 1 rings (SSSR count). The molecule has 162 valence electrons. The monoisotopic (exact) mass is 397 g/mol. The summed E-state index contributed by atoms with van der Waals surface area (Å²) in [4.78, 5) is 11.4. The van der Waals surface area contributed by atoms with Gasteiger partial charge in [-0.15, -0.1) is 0 Å². The van der Waals surface area contributed by atoms with Gasteiger partial charge in [-0.3, -0.25) is 5.32 Å². The number of ether oxygens (including phenoxy) is 4. The van der Waals surface area contributed by atoms with E-state index in [1.54, 1.807) is 0 Å². The highest BCUT2D eigenvalue weighted by Gasteiger charge is 2.16. The maximum atomic E-state index is 11.4. The third-order valence-electron chi connectivity index (χ3n) is 3.73. The fourth-order valence-corrected chi connectivity index (χ4v) is 2.30. The summed E-state index contributed by atoms with van der Waals surface area (Å²) < 4.78 is 21.4. The summed E-state index contributed by atoms with van der Waals surface area (Å²) in [5.41, 5.74) is 2.16. The van der Waals surface area contributed by atoms with Gasteiger partial charge in [0.15, 0.2) is 0 Å². The number of rotatable bonds is 12. The summed E-state index contributed by atoms with van der Waals surface area (Å²) in [7, 11) is 0. The summed E-state index contributed by atoms with van der Waals surface area (Å²) in [5.74, 6) is -0.362. The molecule has 0 bridgehead atoms. The molecule has 0 amide bonds. The predicted molar refractivity (Wildman–Crippen MR) is 112 cm³/mol. The number of esters is 1. The Bertz CT molecular complexity index is 564. The summed E-state index contributed by atoms with van der Waals surface area (Å²) in [6.07, 6.45) is 0. The van der Waals surface area contributed by atoms with E-state index < -0.39 is 5.60 Å². The van der Waals surface area contributed by atoms with Crippen molar-refractivity contribution in [3.05, 3.63) is 35.4 Å². The summed E-state index contributed by atoms with van der Waals surface area (Å²) in [6, 6.07) is 8.54. The smallest absolute Gasteiger partial charge is 0.332 e. The lowest BCUT2D eigenvalue weighted by Crippen LogP contribution is -2.27. The number of hydrogen-bond acceptors (Lipinski definition) is 6. The minimum Gasteiger partial charge on any atom is -0.458 e. The van der Waals surface area contributed by atoms with E-state index in [9.17, 15) is 4.79 Å². The maximum Gasteiger partial charge on any atom is 0.332 e. The molecule has 6 nitrogen and oxygen atoms in total. The third-order valence-corrected chi connectivity index (χ3v) is 3.73. The molecule has 0 aliphatic carbocycles. The zero-order chi connectivity index (χ0) is 21.0. The first-order chi connectivity index (χ1) is 13.1. The van der Waals surface area contributed by atoms with Crippen LogP contribution in [0.15, 0.2) is 24.3 Å². The molecule has 1 aromatic rings. The van der Waals surface area contributed by atoms with Gasteiger partial charge in [0.1, 0.15) is 12.2 Å². The Kier molecular flexibility index (Phi) is 10.7. The molecular weight excluding hydrogens is 358 g/mol. The molecular formula is C22H39NO5. The Labute approximate surface area is 171 Å². The van der Waals surface area contributed by atoms with Gasteiger partial charge < -0.3 is 18.9 Å². The van der Waals surface area contributed by atoms with Crippen LogP contribution in [0.5, 0.6) is 0 Å². The predicted octanol–water partition coefficient (Wildman–Crippen LogP) is 3.67. The van der Waals surface area contributed by atoms with Gasteiger partial charge in [0.25, 0.3) is 0 Å². The largest absolute Gasteiger partial charge is 0.458 e. The van der Waals surface area contributed by atoms with Crippen molar-refractivity contribution in [2.75, 3.05) is 39.7 Å². The molecule has 0 atom stereocenters. The molecule has 0 aliphatic heterocycles. The average molecular weight is 398 g/mol. The molecule has 0 fully saturated rings. The second kappa shape index (κ2) is 12.2. The van der Waals surface area contributed by atoms with E-state index in [2.05, 4.69) is 50.4 Å². The van der Waals surface area contributed by atoms with Crippen molar-refractivity contribution in [3.63, 3.8) is 0 Å². The molecule has 0 saturated heterocycles. The Morgan fingerprint density at radius 2 is 1.57 bits per heavy atom. The molecule has 0 unspecified atom stereocenters. The van der Waals surface area contributed by atoms with Gasteiger partial charge in [-0.2, -0.15) is 0 Å². The zero-order valence-electron chi connectivity index (χ0n) is 18.3. The molecule has 1 N–H and O–H groups in total. The van der Waals surface area contributed by atoms with Crippen molar-refractivity contribution in [2.45, 2.75) is 59.2 Å². The molecule has 6 heteroatoms. The van der Waals surface area contributed by atoms with Crippen molar-refractivity contribution >= 4 is 5.97 Å². The number of benzene rings is 1.